The molecule has 0 aliphatic heterocycles. The van der Waals surface area contributed by atoms with E-state index in [2.05, 4.69) is 22.5 Å². The highest BCUT2D eigenvalue weighted by Gasteiger charge is 1.94. The highest BCUT2D eigenvalue weighted by molar-refractivity contribution is 14.0. The number of unbranched alkanes of at least 4 members (excludes halogenated alkanes) is 2. The summed E-state index contributed by atoms with van der Waals surface area (Å²) >= 11 is 0. The van der Waals surface area contributed by atoms with Crippen LogP contribution in [0.2, 0.25) is 0 Å². The van der Waals surface area contributed by atoms with Crippen molar-refractivity contribution in [1.82, 2.24) is 10.6 Å². The van der Waals surface area contributed by atoms with Gasteiger partial charge in [0.1, 0.15) is 0 Å². The van der Waals surface area contributed by atoms with Gasteiger partial charge in [0, 0.05) is 19.6 Å². The van der Waals surface area contributed by atoms with Crippen LogP contribution < -0.4 is 10.6 Å². The average molecular weight is 329 g/mol. The van der Waals surface area contributed by atoms with E-state index in [1.807, 2.05) is 6.92 Å². The molecule has 5 heteroatoms. The van der Waals surface area contributed by atoms with Crippen molar-refractivity contribution < 1.29 is 5.11 Å². The van der Waals surface area contributed by atoms with Gasteiger partial charge in [-0.1, -0.05) is 19.8 Å². The van der Waals surface area contributed by atoms with Crippen LogP contribution >= 0.6 is 24.0 Å². The molecule has 0 saturated carbocycles. The number of nitrogens with one attached hydrogen (secondary N) is 2. The Morgan fingerprint density at radius 2 is 1.93 bits per heavy atom. The van der Waals surface area contributed by atoms with E-state index in [1.165, 1.54) is 12.8 Å². The minimum absolute atomic E-state index is 0. The third-order valence-electron chi connectivity index (χ3n) is 1.78. The molecule has 0 heterocycles. The first kappa shape index (κ1) is 17.4. The molecule has 0 spiro atoms. The van der Waals surface area contributed by atoms with Crippen LogP contribution in [-0.4, -0.2) is 37.3 Å². The van der Waals surface area contributed by atoms with Crippen molar-refractivity contribution >= 4 is 29.9 Å². The van der Waals surface area contributed by atoms with Crippen molar-refractivity contribution in [1.29, 1.82) is 0 Å². The standard InChI is InChI=1S/C10H23N3O.HI/c1-3-5-6-7-12-10(11-4-2)13-8-9-14;/h14H,3-9H2,1-2H3,(H2,11,12,13);1H. The van der Waals surface area contributed by atoms with Gasteiger partial charge in [-0.05, 0) is 13.3 Å². The normalized spacial score (nSPS) is 10.7. The molecule has 0 aromatic rings. The predicted octanol–water partition coefficient (Wildman–Crippen LogP) is 1.34. The number of halogens is 1. The second-order valence-electron chi connectivity index (χ2n) is 3.12. The summed E-state index contributed by atoms with van der Waals surface area (Å²) < 4.78 is 0. The summed E-state index contributed by atoms with van der Waals surface area (Å²) in [7, 11) is 0. The van der Waals surface area contributed by atoms with E-state index in [4.69, 9.17) is 5.11 Å². The Morgan fingerprint density at radius 1 is 1.20 bits per heavy atom. The van der Waals surface area contributed by atoms with Gasteiger partial charge >= 0.3 is 0 Å². The summed E-state index contributed by atoms with van der Waals surface area (Å²) in [6.07, 6.45) is 3.57. The van der Waals surface area contributed by atoms with Crippen LogP contribution in [0.3, 0.4) is 0 Å². The van der Waals surface area contributed by atoms with E-state index >= 15 is 0 Å². The van der Waals surface area contributed by atoms with E-state index in [0.29, 0.717) is 6.54 Å². The number of aliphatic hydroxyl groups excluding tert-OH is 1. The lowest BCUT2D eigenvalue weighted by Gasteiger charge is -2.09. The molecular formula is C10H24IN3O. The Kier molecular flexibility index (Phi) is 16.2. The highest BCUT2D eigenvalue weighted by Crippen LogP contribution is 1.93. The summed E-state index contributed by atoms with van der Waals surface area (Å²) in [5.41, 5.74) is 0. The van der Waals surface area contributed by atoms with Crippen LogP contribution in [0.1, 0.15) is 33.1 Å². The molecule has 0 saturated heterocycles. The first-order valence-electron chi connectivity index (χ1n) is 5.48. The number of rotatable bonds is 7. The molecule has 0 aromatic carbocycles. The van der Waals surface area contributed by atoms with Gasteiger partial charge in [0.05, 0.1) is 6.61 Å². The monoisotopic (exact) mass is 329 g/mol. The number of aliphatic imine (C=N–C) groups is 1. The van der Waals surface area contributed by atoms with E-state index < -0.39 is 0 Å². The molecule has 15 heavy (non-hydrogen) atoms. The number of aliphatic hydroxyl groups is 1. The Bertz CT molecular complexity index is 154. The molecule has 0 rings (SSSR count). The Hall–Kier alpha value is -0.0400. The van der Waals surface area contributed by atoms with Crippen molar-refractivity contribution in [2.45, 2.75) is 33.1 Å². The number of hydrogen-bond donors (Lipinski definition) is 3. The Morgan fingerprint density at radius 3 is 2.47 bits per heavy atom. The lowest BCUT2D eigenvalue weighted by Crippen LogP contribution is -2.38. The quantitative estimate of drug-likeness (QED) is 0.286. The zero-order valence-corrected chi connectivity index (χ0v) is 12.1. The first-order valence-corrected chi connectivity index (χ1v) is 5.48. The van der Waals surface area contributed by atoms with Crippen LogP contribution in [0.25, 0.3) is 0 Å². The maximum Gasteiger partial charge on any atom is 0.191 e. The molecule has 0 radical (unpaired) electrons. The first-order chi connectivity index (χ1) is 6.85. The van der Waals surface area contributed by atoms with Gasteiger partial charge in [-0.15, -0.1) is 24.0 Å². The summed E-state index contributed by atoms with van der Waals surface area (Å²) in [5.74, 6) is 0.803. The summed E-state index contributed by atoms with van der Waals surface area (Å²) in [6, 6.07) is 0. The van der Waals surface area contributed by atoms with Gasteiger partial charge in [0.25, 0.3) is 0 Å². The summed E-state index contributed by atoms with van der Waals surface area (Å²) in [4.78, 5) is 4.37. The average Bonchev–Trinajstić information content (AvgIpc) is 2.20. The lowest BCUT2D eigenvalue weighted by atomic mass is 10.2. The third kappa shape index (κ3) is 11.9. The fraction of sp³-hybridized carbons (Fsp3) is 0.900. The van der Waals surface area contributed by atoms with Crippen LogP contribution in [0, 0.1) is 0 Å². The lowest BCUT2D eigenvalue weighted by molar-refractivity contribution is 0.300. The molecule has 0 bridgehead atoms. The molecule has 4 nitrogen and oxygen atoms in total. The molecule has 92 valence electrons. The zero-order valence-electron chi connectivity index (χ0n) is 9.75. The van der Waals surface area contributed by atoms with Crippen molar-refractivity contribution in [3.8, 4) is 0 Å². The second kappa shape index (κ2) is 14.0. The molecule has 0 aromatic heterocycles. The molecule has 0 aliphatic carbocycles. The van der Waals surface area contributed by atoms with Gasteiger partial charge in [-0.2, -0.15) is 0 Å². The topological polar surface area (TPSA) is 56.7 Å². The summed E-state index contributed by atoms with van der Waals surface area (Å²) in [6.45, 7) is 6.61. The minimum Gasteiger partial charge on any atom is -0.395 e. The number of hydrogen-bond acceptors (Lipinski definition) is 2. The molecular weight excluding hydrogens is 305 g/mol. The van der Waals surface area contributed by atoms with E-state index in [9.17, 15) is 0 Å². The van der Waals surface area contributed by atoms with Gasteiger partial charge in [0.15, 0.2) is 5.96 Å². The van der Waals surface area contributed by atoms with Crippen LogP contribution in [0.15, 0.2) is 4.99 Å². The zero-order chi connectivity index (χ0) is 10.6. The van der Waals surface area contributed by atoms with Gasteiger partial charge in [-0.25, -0.2) is 0 Å². The van der Waals surface area contributed by atoms with Crippen LogP contribution in [0.5, 0.6) is 0 Å². The van der Waals surface area contributed by atoms with Gasteiger partial charge in [-0.3, -0.25) is 4.99 Å². The maximum atomic E-state index is 8.65. The molecule has 0 amide bonds. The fourth-order valence-corrected chi connectivity index (χ4v) is 1.07. The number of nitrogens with zero attached hydrogens (tertiary/aromatic N) is 1. The Labute approximate surface area is 110 Å². The van der Waals surface area contributed by atoms with Crippen molar-refractivity contribution in [3.63, 3.8) is 0 Å². The van der Waals surface area contributed by atoms with Gasteiger partial charge in [0.2, 0.25) is 0 Å². The third-order valence-corrected chi connectivity index (χ3v) is 1.78. The van der Waals surface area contributed by atoms with Crippen LogP contribution in [-0.2, 0) is 0 Å². The maximum absolute atomic E-state index is 8.65. The van der Waals surface area contributed by atoms with E-state index in [1.54, 1.807) is 0 Å². The number of guanidine groups is 1. The van der Waals surface area contributed by atoms with E-state index in [-0.39, 0.29) is 30.6 Å². The van der Waals surface area contributed by atoms with Crippen molar-refractivity contribution in [2.24, 2.45) is 4.99 Å². The molecule has 0 unspecified atom stereocenters. The molecule has 0 aliphatic rings. The fourth-order valence-electron chi connectivity index (χ4n) is 1.07. The largest absolute Gasteiger partial charge is 0.395 e. The minimum atomic E-state index is 0. The van der Waals surface area contributed by atoms with E-state index in [0.717, 1.165) is 25.5 Å². The van der Waals surface area contributed by atoms with Gasteiger partial charge < -0.3 is 15.7 Å². The SMILES string of the molecule is CCCCCN=C(NCC)NCCO.I. The molecule has 0 atom stereocenters. The van der Waals surface area contributed by atoms with Crippen molar-refractivity contribution in [2.75, 3.05) is 26.2 Å². The Balaban J connectivity index is 0. The molecule has 0 fully saturated rings. The summed E-state index contributed by atoms with van der Waals surface area (Å²) in [5, 5.41) is 14.8. The molecule has 3 N–H and O–H groups in total. The second-order valence-corrected chi connectivity index (χ2v) is 3.12. The predicted molar refractivity (Wildman–Crippen MR) is 76.0 cm³/mol. The smallest absolute Gasteiger partial charge is 0.191 e. The van der Waals surface area contributed by atoms with Crippen LogP contribution in [0.4, 0.5) is 0 Å². The van der Waals surface area contributed by atoms with Crippen molar-refractivity contribution in [3.05, 3.63) is 0 Å². The highest BCUT2D eigenvalue weighted by atomic mass is 127.